The van der Waals surface area contributed by atoms with E-state index in [2.05, 4.69) is 5.32 Å². The SMILES string of the molecule is CC(=O)N[C@@H]1[C@@H](OC(C)=O)[C@@H](OC(C)=O)[C@@H](COC(C)=O)O[C@@H]1[Se]c1ccccc1. The Kier molecular flexibility index (Phi) is 8.83. The molecule has 1 aliphatic rings. The fourth-order valence-corrected chi connectivity index (χ4v) is 5.44. The zero-order chi connectivity index (χ0) is 22.3. The number of rotatable bonds is 7. The Balaban J connectivity index is 2.42. The van der Waals surface area contributed by atoms with Gasteiger partial charge in [-0.2, -0.15) is 0 Å². The first-order valence-corrected chi connectivity index (χ1v) is 11.1. The molecule has 0 saturated carbocycles. The summed E-state index contributed by atoms with van der Waals surface area (Å²) >= 11 is -0.303. The molecule has 0 bridgehead atoms. The number of carbonyl (C=O) groups excluding carboxylic acids is 4. The summed E-state index contributed by atoms with van der Waals surface area (Å²) in [6.45, 7) is 4.83. The molecule has 10 heteroatoms. The summed E-state index contributed by atoms with van der Waals surface area (Å²) in [7, 11) is 0. The molecule has 1 amide bonds. The van der Waals surface area contributed by atoms with Crippen molar-refractivity contribution in [2.24, 2.45) is 0 Å². The van der Waals surface area contributed by atoms with E-state index < -0.39 is 47.3 Å². The predicted octanol–water partition coefficient (Wildman–Crippen LogP) is -0.328. The van der Waals surface area contributed by atoms with Crippen LogP contribution < -0.4 is 9.78 Å². The van der Waals surface area contributed by atoms with E-state index in [1.165, 1.54) is 27.7 Å². The predicted molar refractivity (Wildman–Crippen MR) is 106 cm³/mol. The second kappa shape index (κ2) is 11.1. The van der Waals surface area contributed by atoms with Crippen LogP contribution >= 0.6 is 0 Å². The number of ether oxygens (including phenoxy) is 4. The van der Waals surface area contributed by atoms with Gasteiger partial charge in [0.05, 0.1) is 0 Å². The fourth-order valence-electron chi connectivity index (χ4n) is 3.02. The Morgan fingerprint density at radius 2 is 1.53 bits per heavy atom. The number of hydrogen-bond acceptors (Lipinski definition) is 8. The molecule has 0 radical (unpaired) electrons. The quantitative estimate of drug-likeness (QED) is 0.317. The summed E-state index contributed by atoms with van der Waals surface area (Å²) in [5, 5.41) is 2.20. The van der Waals surface area contributed by atoms with Gasteiger partial charge in [0.2, 0.25) is 0 Å². The van der Waals surface area contributed by atoms with Crippen LogP contribution in [0, 0.1) is 0 Å². The average Bonchev–Trinajstić information content (AvgIpc) is 2.64. The fraction of sp³-hybridized carbons (Fsp3) is 0.500. The van der Waals surface area contributed by atoms with Crippen molar-refractivity contribution >= 4 is 43.2 Å². The molecular weight excluding hydrogens is 461 g/mol. The van der Waals surface area contributed by atoms with Gasteiger partial charge >= 0.3 is 181 Å². The van der Waals surface area contributed by atoms with Crippen LogP contribution in [0.15, 0.2) is 30.3 Å². The summed E-state index contributed by atoms with van der Waals surface area (Å²) in [6, 6.07) is 8.74. The maximum absolute atomic E-state index is 11.9. The standard InChI is InChI=1S/C20H25NO8Se/c1-11(22)21-17-19(28-14(4)25)18(27-13(3)24)16(10-26-12(2)23)29-20(17)30-15-8-6-5-7-9-15/h5-9,16-20H,10H2,1-4H3,(H,21,22)/t16-,17-,18+,19-,20-/m1/s1. The Hall–Kier alpha value is -2.42. The van der Waals surface area contributed by atoms with Crippen LogP contribution in [-0.4, -0.2) is 74.7 Å². The van der Waals surface area contributed by atoms with Crippen molar-refractivity contribution in [2.45, 2.75) is 57.1 Å². The number of nitrogens with one attached hydrogen (secondary N) is 1. The molecule has 1 aromatic rings. The number of benzene rings is 1. The van der Waals surface area contributed by atoms with Crippen LogP contribution in [0.4, 0.5) is 0 Å². The first kappa shape index (κ1) is 23.9. The molecule has 5 atom stereocenters. The maximum atomic E-state index is 11.9. The summed E-state index contributed by atoms with van der Waals surface area (Å²) < 4.78 is 23.1. The summed E-state index contributed by atoms with van der Waals surface area (Å²) in [5.41, 5.74) is 0. The number of esters is 3. The zero-order valence-corrected chi connectivity index (χ0v) is 18.9. The van der Waals surface area contributed by atoms with Gasteiger partial charge in [0, 0.05) is 0 Å². The van der Waals surface area contributed by atoms with Crippen molar-refractivity contribution in [2.75, 3.05) is 6.61 Å². The van der Waals surface area contributed by atoms with Gasteiger partial charge in [-0.1, -0.05) is 0 Å². The van der Waals surface area contributed by atoms with Crippen molar-refractivity contribution in [1.82, 2.24) is 5.32 Å². The third kappa shape index (κ3) is 7.12. The Bertz CT molecular complexity index is 771. The molecule has 9 nitrogen and oxygen atoms in total. The van der Waals surface area contributed by atoms with E-state index in [0.29, 0.717) is 0 Å². The second-order valence-corrected chi connectivity index (χ2v) is 9.11. The van der Waals surface area contributed by atoms with Crippen LogP contribution in [0.25, 0.3) is 0 Å². The number of carbonyl (C=O) groups is 4. The van der Waals surface area contributed by atoms with Gasteiger partial charge in [0.25, 0.3) is 0 Å². The van der Waals surface area contributed by atoms with Gasteiger partial charge in [0.1, 0.15) is 0 Å². The van der Waals surface area contributed by atoms with E-state index in [1.54, 1.807) is 0 Å². The van der Waals surface area contributed by atoms with Crippen LogP contribution in [0.2, 0.25) is 0 Å². The molecule has 30 heavy (non-hydrogen) atoms. The van der Waals surface area contributed by atoms with Crippen molar-refractivity contribution in [3.63, 3.8) is 0 Å². The van der Waals surface area contributed by atoms with Gasteiger partial charge in [0.15, 0.2) is 0 Å². The molecular formula is C20H25NO8Se. The summed E-state index contributed by atoms with van der Waals surface area (Å²) in [4.78, 5) is 46.8. The Morgan fingerprint density at radius 3 is 2.07 bits per heavy atom. The number of amides is 1. The molecule has 1 aliphatic heterocycles. The van der Waals surface area contributed by atoms with Gasteiger partial charge in [-0.25, -0.2) is 0 Å². The molecule has 0 spiro atoms. The molecule has 1 fully saturated rings. The molecule has 0 unspecified atom stereocenters. The van der Waals surface area contributed by atoms with Crippen molar-refractivity contribution in [1.29, 1.82) is 0 Å². The Labute approximate surface area is 180 Å². The minimum absolute atomic E-state index is 0.195. The molecule has 1 heterocycles. The van der Waals surface area contributed by atoms with E-state index in [4.69, 9.17) is 18.9 Å². The molecule has 0 aromatic heterocycles. The number of hydrogen-bond donors (Lipinski definition) is 1. The Morgan fingerprint density at radius 1 is 0.933 bits per heavy atom. The van der Waals surface area contributed by atoms with Gasteiger partial charge in [-0.15, -0.1) is 0 Å². The second-order valence-electron chi connectivity index (χ2n) is 6.65. The molecule has 1 N–H and O–H groups in total. The molecule has 1 saturated heterocycles. The molecule has 1 aromatic carbocycles. The van der Waals surface area contributed by atoms with E-state index in [-0.39, 0.29) is 27.5 Å². The summed E-state index contributed by atoms with van der Waals surface area (Å²) in [5.74, 6) is -2.11. The van der Waals surface area contributed by atoms with Crippen molar-refractivity contribution in [3.05, 3.63) is 30.3 Å². The topological polar surface area (TPSA) is 117 Å². The summed E-state index contributed by atoms with van der Waals surface area (Å²) in [6.07, 6.45) is -2.95. The van der Waals surface area contributed by atoms with Crippen LogP contribution in [0.3, 0.4) is 0 Å². The molecule has 164 valence electrons. The van der Waals surface area contributed by atoms with Crippen LogP contribution in [-0.2, 0) is 38.1 Å². The monoisotopic (exact) mass is 487 g/mol. The first-order valence-electron chi connectivity index (χ1n) is 9.29. The van der Waals surface area contributed by atoms with E-state index >= 15 is 0 Å². The van der Waals surface area contributed by atoms with Crippen molar-refractivity contribution < 1.29 is 38.1 Å². The van der Waals surface area contributed by atoms with Crippen LogP contribution in [0.1, 0.15) is 27.7 Å². The van der Waals surface area contributed by atoms with E-state index in [1.807, 2.05) is 30.3 Å². The molecule has 0 aliphatic carbocycles. The van der Waals surface area contributed by atoms with Crippen molar-refractivity contribution in [3.8, 4) is 0 Å². The van der Waals surface area contributed by atoms with E-state index in [0.717, 1.165) is 4.46 Å². The zero-order valence-electron chi connectivity index (χ0n) is 17.2. The normalized spacial score (nSPS) is 25.7. The minimum atomic E-state index is -1.06. The first-order chi connectivity index (χ1) is 14.2. The molecule has 2 rings (SSSR count). The van der Waals surface area contributed by atoms with Gasteiger partial charge < -0.3 is 0 Å². The third-order valence-corrected chi connectivity index (χ3v) is 6.54. The van der Waals surface area contributed by atoms with Crippen LogP contribution in [0.5, 0.6) is 0 Å². The average molecular weight is 486 g/mol. The van der Waals surface area contributed by atoms with E-state index in [9.17, 15) is 19.2 Å². The van der Waals surface area contributed by atoms with Gasteiger partial charge in [-0.3, -0.25) is 0 Å². The van der Waals surface area contributed by atoms with Gasteiger partial charge in [-0.05, 0) is 0 Å². The third-order valence-electron chi connectivity index (χ3n) is 4.07.